The number of fused-ring (bicyclic) bond motifs is 1. The summed E-state index contributed by atoms with van der Waals surface area (Å²) in [6.45, 7) is 8.16. The van der Waals surface area contributed by atoms with E-state index in [1.54, 1.807) is 25.5 Å². The molecule has 1 aliphatic heterocycles. The fourth-order valence-electron chi connectivity index (χ4n) is 5.07. The Bertz CT molecular complexity index is 1800. The molecule has 0 saturated heterocycles. The third-order valence-corrected chi connectivity index (χ3v) is 7.81. The van der Waals surface area contributed by atoms with Gasteiger partial charge < -0.3 is 14.2 Å². The maximum Gasteiger partial charge on any atom is 0.338 e. The van der Waals surface area contributed by atoms with Crippen molar-refractivity contribution in [3.63, 3.8) is 0 Å². The number of carbonyl (C=O) groups excluding carboxylic acids is 1. The molecule has 7 nitrogen and oxygen atoms in total. The quantitative estimate of drug-likeness (QED) is 0.280. The van der Waals surface area contributed by atoms with Crippen LogP contribution in [0.1, 0.15) is 47.7 Å². The van der Waals surface area contributed by atoms with Crippen LogP contribution in [0.5, 0.6) is 11.5 Å². The number of esters is 1. The molecule has 5 rings (SSSR count). The average Bonchev–Trinajstić information content (AvgIpc) is 3.25. The number of carbonyl (C=O) groups is 1. The van der Waals surface area contributed by atoms with Gasteiger partial charge in [0.15, 0.2) is 4.80 Å². The Morgan fingerprint density at radius 1 is 1.02 bits per heavy atom. The molecule has 3 aromatic carbocycles. The van der Waals surface area contributed by atoms with Gasteiger partial charge in [-0.15, -0.1) is 0 Å². The molecule has 0 fully saturated rings. The third kappa shape index (κ3) is 5.88. The van der Waals surface area contributed by atoms with Crippen LogP contribution in [0.25, 0.3) is 6.08 Å². The summed E-state index contributed by atoms with van der Waals surface area (Å²) in [6.07, 6.45) is 1.84. The molecule has 0 bridgehead atoms. The van der Waals surface area contributed by atoms with Crippen LogP contribution < -0.4 is 24.4 Å². The van der Waals surface area contributed by atoms with E-state index in [9.17, 15) is 9.59 Å². The highest BCUT2D eigenvalue weighted by Crippen LogP contribution is 2.30. The molecular formula is C33H32N2O5S. The molecule has 8 heteroatoms. The van der Waals surface area contributed by atoms with E-state index in [-0.39, 0.29) is 12.2 Å². The second-order valence-electron chi connectivity index (χ2n) is 9.90. The molecule has 0 saturated carbocycles. The Hall–Kier alpha value is -4.43. The van der Waals surface area contributed by atoms with Crippen molar-refractivity contribution < 1.29 is 19.0 Å². The Morgan fingerprint density at radius 3 is 2.44 bits per heavy atom. The Balaban J connectivity index is 1.56. The topological polar surface area (TPSA) is 79.1 Å². The highest BCUT2D eigenvalue weighted by Gasteiger charge is 2.33. The van der Waals surface area contributed by atoms with Crippen LogP contribution >= 0.6 is 11.3 Å². The number of aromatic nitrogens is 1. The van der Waals surface area contributed by atoms with Crippen molar-refractivity contribution in [3.8, 4) is 11.5 Å². The summed E-state index contributed by atoms with van der Waals surface area (Å²) in [5.74, 6) is 1.02. The summed E-state index contributed by atoms with van der Waals surface area (Å²) in [5, 5.41) is 0. The molecule has 0 radical (unpaired) electrons. The number of hydrogen-bond acceptors (Lipinski definition) is 7. The largest absolute Gasteiger partial charge is 0.496 e. The highest BCUT2D eigenvalue weighted by atomic mass is 32.1. The van der Waals surface area contributed by atoms with Crippen molar-refractivity contribution in [3.05, 3.63) is 126 Å². The average molecular weight is 569 g/mol. The molecule has 0 spiro atoms. The SMILES string of the molecule is CCOC(=O)C1=C(C)N=c2sc(=Cc3ccc(OC)c(COc4cc(C)cc(C)c4)c3)c(=O)n2[C@H]1c1ccccc1. The van der Waals surface area contributed by atoms with Crippen molar-refractivity contribution in [2.45, 2.75) is 40.3 Å². The van der Waals surface area contributed by atoms with Gasteiger partial charge in [-0.1, -0.05) is 53.8 Å². The van der Waals surface area contributed by atoms with Gasteiger partial charge in [0.25, 0.3) is 5.56 Å². The fourth-order valence-corrected chi connectivity index (χ4v) is 6.12. The number of nitrogens with zero attached hydrogens (tertiary/aromatic N) is 2. The molecular weight excluding hydrogens is 536 g/mol. The molecule has 0 aliphatic carbocycles. The van der Waals surface area contributed by atoms with Crippen LogP contribution in [0.2, 0.25) is 0 Å². The standard InChI is InChI=1S/C33H32N2O5S/c1-6-39-32(37)29-22(4)34-33-35(30(29)24-10-8-7-9-11-24)31(36)28(41-33)18-23-12-13-27(38-5)25(17-23)19-40-26-15-20(2)14-21(3)16-26/h7-18,30H,6,19H2,1-5H3/t30-/m0/s1. The minimum Gasteiger partial charge on any atom is -0.496 e. The molecule has 0 unspecified atom stereocenters. The van der Waals surface area contributed by atoms with Gasteiger partial charge in [0.05, 0.1) is 35.6 Å². The van der Waals surface area contributed by atoms with Crippen LogP contribution in [0.3, 0.4) is 0 Å². The Labute approximate surface area is 242 Å². The molecule has 41 heavy (non-hydrogen) atoms. The predicted molar refractivity (Wildman–Crippen MR) is 160 cm³/mol. The van der Waals surface area contributed by atoms with Crippen LogP contribution in [0.15, 0.2) is 87.8 Å². The summed E-state index contributed by atoms with van der Waals surface area (Å²) in [5.41, 5.74) is 5.45. The molecule has 4 aromatic rings. The zero-order valence-electron chi connectivity index (χ0n) is 23.8. The van der Waals surface area contributed by atoms with E-state index < -0.39 is 12.0 Å². The van der Waals surface area contributed by atoms with Crippen molar-refractivity contribution in [2.75, 3.05) is 13.7 Å². The second-order valence-corrected chi connectivity index (χ2v) is 10.9. The summed E-state index contributed by atoms with van der Waals surface area (Å²) >= 11 is 1.29. The molecule has 0 amide bonds. The number of aryl methyl sites for hydroxylation is 2. The number of rotatable bonds is 8. The first kappa shape index (κ1) is 28.1. The van der Waals surface area contributed by atoms with E-state index in [2.05, 4.69) is 11.1 Å². The lowest BCUT2D eigenvalue weighted by Crippen LogP contribution is -2.39. The number of ether oxygens (including phenoxy) is 3. The van der Waals surface area contributed by atoms with Gasteiger partial charge in [0.1, 0.15) is 18.1 Å². The molecule has 1 aliphatic rings. The first-order chi connectivity index (χ1) is 19.8. The van der Waals surface area contributed by atoms with Gasteiger partial charge in [-0.3, -0.25) is 9.36 Å². The fraction of sp³-hybridized carbons (Fsp3) is 0.242. The van der Waals surface area contributed by atoms with Gasteiger partial charge >= 0.3 is 5.97 Å². The van der Waals surface area contributed by atoms with E-state index in [4.69, 9.17) is 14.2 Å². The zero-order chi connectivity index (χ0) is 29.1. The van der Waals surface area contributed by atoms with Gasteiger partial charge in [-0.2, -0.15) is 0 Å². The Morgan fingerprint density at radius 2 is 1.76 bits per heavy atom. The minimum absolute atomic E-state index is 0.222. The van der Waals surface area contributed by atoms with Crippen LogP contribution in [0, 0.1) is 13.8 Å². The van der Waals surface area contributed by atoms with Crippen molar-refractivity contribution in [2.24, 2.45) is 4.99 Å². The monoisotopic (exact) mass is 568 g/mol. The highest BCUT2D eigenvalue weighted by molar-refractivity contribution is 7.07. The van der Waals surface area contributed by atoms with Crippen LogP contribution in [-0.2, 0) is 16.1 Å². The molecule has 0 N–H and O–H groups in total. The van der Waals surface area contributed by atoms with Gasteiger partial charge in [0.2, 0.25) is 0 Å². The van der Waals surface area contributed by atoms with E-state index in [1.807, 2.05) is 80.6 Å². The van der Waals surface area contributed by atoms with E-state index in [1.165, 1.54) is 11.3 Å². The maximum absolute atomic E-state index is 13.9. The molecule has 2 heterocycles. The van der Waals surface area contributed by atoms with E-state index in [0.29, 0.717) is 33.0 Å². The normalized spacial score (nSPS) is 14.9. The first-order valence-electron chi connectivity index (χ1n) is 13.4. The molecule has 1 aromatic heterocycles. The summed E-state index contributed by atoms with van der Waals surface area (Å²) in [4.78, 5) is 32.1. The van der Waals surface area contributed by atoms with E-state index >= 15 is 0 Å². The molecule has 1 atom stereocenters. The number of hydrogen-bond donors (Lipinski definition) is 0. The molecule has 210 valence electrons. The van der Waals surface area contributed by atoms with Crippen LogP contribution in [-0.4, -0.2) is 24.3 Å². The minimum atomic E-state index is -0.633. The third-order valence-electron chi connectivity index (χ3n) is 6.82. The van der Waals surface area contributed by atoms with Gasteiger partial charge in [0, 0.05) is 5.56 Å². The summed E-state index contributed by atoms with van der Waals surface area (Å²) in [6, 6.07) is 20.7. The number of thiazole rings is 1. The smallest absolute Gasteiger partial charge is 0.338 e. The van der Waals surface area contributed by atoms with Gasteiger partial charge in [-0.05, 0) is 80.3 Å². The van der Waals surface area contributed by atoms with Crippen LogP contribution in [0.4, 0.5) is 0 Å². The predicted octanol–water partition coefficient (Wildman–Crippen LogP) is 5.00. The van der Waals surface area contributed by atoms with Crippen molar-refractivity contribution in [1.29, 1.82) is 0 Å². The summed E-state index contributed by atoms with van der Waals surface area (Å²) < 4.78 is 19.2. The number of allylic oxidation sites excluding steroid dienone is 1. The first-order valence-corrected chi connectivity index (χ1v) is 14.2. The lowest BCUT2D eigenvalue weighted by Gasteiger charge is -2.24. The Kier molecular flexibility index (Phi) is 8.21. The summed E-state index contributed by atoms with van der Waals surface area (Å²) in [7, 11) is 1.63. The van der Waals surface area contributed by atoms with E-state index in [0.717, 1.165) is 33.6 Å². The maximum atomic E-state index is 13.9. The number of benzene rings is 3. The second kappa shape index (κ2) is 12.0. The van der Waals surface area contributed by atoms with Gasteiger partial charge in [-0.25, -0.2) is 9.79 Å². The van der Waals surface area contributed by atoms with Crippen molar-refractivity contribution >= 4 is 23.4 Å². The lowest BCUT2D eigenvalue weighted by molar-refractivity contribution is -0.139. The number of methoxy groups -OCH3 is 1. The lowest BCUT2D eigenvalue weighted by atomic mass is 9.96. The zero-order valence-corrected chi connectivity index (χ0v) is 24.6. The van der Waals surface area contributed by atoms with Crippen molar-refractivity contribution in [1.82, 2.24) is 4.57 Å².